The molecule has 1 amide bonds. The topological polar surface area (TPSA) is 65.4 Å². The van der Waals surface area contributed by atoms with Crippen molar-refractivity contribution in [2.45, 2.75) is 46.1 Å². The Labute approximate surface area is 161 Å². The molecule has 0 aliphatic rings. The van der Waals surface area contributed by atoms with Crippen molar-refractivity contribution < 1.29 is 14.3 Å². The summed E-state index contributed by atoms with van der Waals surface area (Å²) in [5, 5.41) is 7.13. The number of benzene rings is 1. The van der Waals surface area contributed by atoms with Gasteiger partial charge in [-0.2, -0.15) is 5.10 Å². The third-order valence-corrected chi connectivity index (χ3v) is 4.24. The SMILES string of the molecule is CCOCCCCCCOc1cccc(CNC(=O)c2cc(C)nn2C)c1. The summed E-state index contributed by atoms with van der Waals surface area (Å²) in [4.78, 5) is 12.3. The van der Waals surface area contributed by atoms with Crippen LogP contribution in [0, 0.1) is 6.92 Å². The van der Waals surface area contributed by atoms with E-state index >= 15 is 0 Å². The molecule has 0 radical (unpaired) electrons. The maximum absolute atomic E-state index is 12.3. The molecule has 148 valence electrons. The van der Waals surface area contributed by atoms with Gasteiger partial charge in [-0.05, 0) is 56.9 Å². The normalized spacial score (nSPS) is 10.8. The van der Waals surface area contributed by atoms with Crippen LogP contribution < -0.4 is 10.1 Å². The summed E-state index contributed by atoms with van der Waals surface area (Å²) in [5.41, 5.74) is 2.40. The van der Waals surface area contributed by atoms with Crippen LogP contribution in [0.3, 0.4) is 0 Å². The third kappa shape index (κ3) is 7.43. The Bertz CT molecular complexity index is 712. The van der Waals surface area contributed by atoms with Gasteiger partial charge in [0.2, 0.25) is 0 Å². The van der Waals surface area contributed by atoms with Crippen LogP contribution in [-0.4, -0.2) is 35.5 Å². The van der Waals surface area contributed by atoms with Gasteiger partial charge >= 0.3 is 0 Å². The van der Waals surface area contributed by atoms with E-state index in [1.54, 1.807) is 17.8 Å². The molecule has 0 bridgehead atoms. The van der Waals surface area contributed by atoms with Crippen LogP contribution in [-0.2, 0) is 18.3 Å². The molecule has 0 atom stereocenters. The predicted molar refractivity (Wildman–Crippen MR) is 106 cm³/mol. The molecule has 27 heavy (non-hydrogen) atoms. The Morgan fingerprint density at radius 2 is 1.93 bits per heavy atom. The monoisotopic (exact) mass is 373 g/mol. The summed E-state index contributed by atoms with van der Waals surface area (Å²) in [6.45, 7) is 6.70. The minimum atomic E-state index is -0.128. The molecule has 1 heterocycles. The highest BCUT2D eigenvalue weighted by Gasteiger charge is 2.11. The minimum Gasteiger partial charge on any atom is -0.494 e. The Kier molecular flexibility index (Phi) is 8.84. The zero-order chi connectivity index (χ0) is 19.5. The molecular formula is C21H31N3O3. The van der Waals surface area contributed by atoms with Crippen molar-refractivity contribution in [2.75, 3.05) is 19.8 Å². The van der Waals surface area contributed by atoms with E-state index in [4.69, 9.17) is 9.47 Å². The Hall–Kier alpha value is -2.34. The van der Waals surface area contributed by atoms with Crippen molar-refractivity contribution >= 4 is 5.91 Å². The number of hydrogen-bond acceptors (Lipinski definition) is 4. The second kappa shape index (κ2) is 11.4. The van der Waals surface area contributed by atoms with Gasteiger partial charge in [0.15, 0.2) is 0 Å². The summed E-state index contributed by atoms with van der Waals surface area (Å²) < 4.78 is 12.8. The van der Waals surface area contributed by atoms with Gasteiger partial charge in [0.25, 0.3) is 5.91 Å². The number of unbranched alkanes of at least 4 members (excludes halogenated alkanes) is 3. The molecule has 0 saturated carbocycles. The van der Waals surface area contributed by atoms with Crippen LogP contribution in [0.15, 0.2) is 30.3 Å². The largest absolute Gasteiger partial charge is 0.494 e. The maximum atomic E-state index is 12.3. The number of carbonyl (C=O) groups is 1. The lowest BCUT2D eigenvalue weighted by molar-refractivity contribution is 0.0941. The van der Waals surface area contributed by atoms with Gasteiger partial charge in [0.1, 0.15) is 11.4 Å². The first kappa shape index (κ1) is 21.0. The first-order chi connectivity index (χ1) is 13.1. The average Bonchev–Trinajstić information content (AvgIpc) is 3.00. The third-order valence-electron chi connectivity index (χ3n) is 4.24. The predicted octanol–water partition coefficient (Wildman–Crippen LogP) is 3.63. The molecule has 1 N–H and O–H groups in total. The number of aromatic nitrogens is 2. The van der Waals surface area contributed by atoms with Crippen molar-refractivity contribution in [3.63, 3.8) is 0 Å². The Balaban J connectivity index is 1.70. The lowest BCUT2D eigenvalue weighted by Crippen LogP contribution is -2.25. The molecular weight excluding hydrogens is 342 g/mol. The number of nitrogens with one attached hydrogen (secondary N) is 1. The lowest BCUT2D eigenvalue weighted by atomic mass is 10.2. The van der Waals surface area contributed by atoms with Gasteiger partial charge in [-0.25, -0.2) is 0 Å². The standard InChI is InChI=1S/C21H31N3O3/c1-4-26-12-7-5-6-8-13-27-19-11-9-10-18(15-19)16-22-21(25)20-14-17(2)23-24(20)3/h9-11,14-15H,4-8,12-13,16H2,1-3H3,(H,22,25). The van der Waals surface area contributed by atoms with E-state index in [2.05, 4.69) is 10.4 Å². The van der Waals surface area contributed by atoms with Crippen LogP contribution in [0.4, 0.5) is 0 Å². The van der Waals surface area contributed by atoms with Gasteiger partial charge in [-0.15, -0.1) is 0 Å². The fourth-order valence-electron chi connectivity index (χ4n) is 2.84. The Morgan fingerprint density at radius 3 is 2.63 bits per heavy atom. The van der Waals surface area contributed by atoms with Gasteiger partial charge in [0, 0.05) is 26.8 Å². The average molecular weight is 373 g/mol. The van der Waals surface area contributed by atoms with Gasteiger partial charge in [-0.1, -0.05) is 18.6 Å². The van der Waals surface area contributed by atoms with Crippen molar-refractivity contribution in [1.82, 2.24) is 15.1 Å². The van der Waals surface area contributed by atoms with Crippen LogP contribution in [0.1, 0.15) is 54.4 Å². The summed E-state index contributed by atoms with van der Waals surface area (Å²) >= 11 is 0. The van der Waals surface area contributed by atoms with Crippen LogP contribution in [0.5, 0.6) is 5.75 Å². The van der Waals surface area contributed by atoms with Crippen molar-refractivity contribution in [3.05, 3.63) is 47.3 Å². The van der Waals surface area contributed by atoms with E-state index in [-0.39, 0.29) is 5.91 Å². The molecule has 6 nitrogen and oxygen atoms in total. The molecule has 1 aromatic carbocycles. The van der Waals surface area contributed by atoms with Crippen molar-refractivity contribution in [3.8, 4) is 5.75 Å². The smallest absolute Gasteiger partial charge is 0.269 e. The molecule has 6 heteroatoms. The van der Waals surface area contributed by atoms with E-state index in [1.807, 2.05) is 38.1 Å². The van der Waals surface area contributed by atoms with Crippen LogP contribution in [0.2, 0.25) is 0 Å². The second-order valence-corrected chi connectivity index (χ2v) is 6.58. The van der Waals surface area contributed by atoms with E-state index in [0.717, 1.165) is 49.5 Å². The summed E-state index contributed by atoms with van der Waals surface area (Å²) in [7, 11) is 1.77. The highest BCUT2D eigenvalue weighted by atomic mass is 16.5. The van der Waals surface area contributed by atoms with E-state index in [1.165, 1.54) is 6.42 Å². The van der Waals surface area contributed by atoms with Gasteiger partial charge in [0.05, 0.1) is 12.3 Å². The van der Waals surface area contributed by atoms with E-state index in [9.17, 15) is 4.79 Å². The fraction of sp³-hybridized carbons (Fsp3) is 0.524. The second-order valence-electron chi connectivity index (χ2n) is 6.58. The fourth-order valence-corrected chi connectivity index (χ4v) is 2.84. The molecule has 2 aromatic rings. The molecule has 0 spiro atoms. The summed E-state index contributed by atoms with van der Waals surface area (Å²) in [6.07, 6.45) is 4.46. The maximum Gasteiger partial charge on any atom is 0.269 e. The molecule has 0 unspecified atom stereocenters. The molecule has 0 saturated heterocycles. The molecule has 1 aromatic heterocycles. The van der Waals surface area contributed by atoms with Gasteiger partial charge in [-0.3, -0.25) is 9.48 Å². The molecule has 0 fully saturated rings. The van der Waals surface area contributed by atoms with Crippen molar-refractivity contribution in [2.24, 2.45) is 7.05 Å². The van der Waals surface area contributed by atoms with E-state index < -0.39 is 0 Å². The number of ether oxygens (including phenoxy) is 2. The highest BCUT2D eigenvalue weighted by Crippen LogP contribution is 2.14. The molecule has 2 rings (SSSR count). The zero-order valence-corrected chi connectivity index (χ0v) is 16.7. The molecule has 0 aliphatic heterocycles. The minimum absolute atomic E-state index is 0.128. The Morgan fingerprint density at radius 1 is 1.15 bits per heavy atom. The number of hydrogen-bond donors (Lipinski definition) is 1. The number of aryl methyl sites for hydroxylation is 2. The number of nitrogens with zero attached hydrogens (tertiary/aromatic N) is 2. The van der Waals surface area contributed by atoms with Gasteiger partial charge < -0.3 is 14.8 Å². The zero-order valence-electron chi connectivity index (χ0n) is 16.7. The van der Waals surface area contributed by atoms with Crippen molar-refractivity contribution in [1.29, 1.82) is 0 Å². The number of amides is 1. The first-order valence-electron chi connectivity index (χ1n) is 9.68. The summed E-state index contributed by atoms with van der Waals surface area (Å²) in [6, 6.07) is 9.64. The quantitative estimate of drug-likeness (QED) is 0.577. The first-order valence-corrected chi connectivity index (χ1v) is 9.68. The lowest BCUT2D eigenvalue weighted by Gasteiger charge is -2.09. The highest BCUT2D eigenvalue weighted by molar-refractivity contribution is 5.92. The number of rotatable bonds is 12. The number of carbonyl (C=O) groups excluding carboxylic acids is 1. The van der Waals surface area contributed by atoms with Crippen LogP contribution >= 0.6 is 0 Å². The molecule has 0 aliphatic carbocycles. The van der Waals surface area contributed by atoms with E-state index in [0.29, 0.717) is 18.8 Å². The van der Waals surface area contributed by atoms with Crippen LogP contribution in [0.25, 0.3) is 0 Å². The summed E-state index contributed by atoms with van der Waals surface area (Å²) in [5.74, 6) is 0.712.